The molecule has 3 aliphatic rings. The molecular formula is C17H19ClFNO. The number of hydrogen-bond acceptors (Lipinski definition) is 1. The SMILES string of the molecule is O=C1CCc2cc(C(Cl)C3C4CCCCC43)c(F)cc2N1. The van der Waals surface area contributed by atoms with Gasteiger partial charge >= 0.3 is 0 Å². The smallest absolute Gasteiger partial charge is 0.224 e. The molecule has 1 aliphatic heterocycles. The zero-order chi connectivity index (χ0) is 14.6. The Morgan fingerprint density at radius 2 is 1.90 bits per heavy atom. The summed E-state index contributed by atoms with van der Waals surface area (Å²) >= 11 is 6.63. The van der Waals surface area contributed by atoms with E-state index in [4.69, 9.17) is 11.6 Å². The second-order valence-electron chi connectivity index (χ2n) is 6.67. The molecule has 3 unspecified atom stereocenters. The number of halogens is 2. The lowest BCUT2D eigenvalue weighted by Gasteiger charge is -2.20. The van der Waals surface area contributed by atoms with Crippen LogP contribution in [0.15, 0.2) is 12.1 Å². The fraction of sp³-hybridized carbons (Fsp3) is 0.588. The average molecular weight is 308 g/mol. The molecule has 0 bridgehead atoms. The number of nitrogens with one attached hydrogen (secondary N) is 1. The van der Waals surface area contributed by atoms with Crippen molar-refractivity contribution in [3.05, 3.63) is 29.1 Å². The van der Waals surface area contributed by atoms with Crippen LogP contribution in [0.5, 0.6) is 0 Å². The van der Waals surface area contributed by atoms with Crippen molar-refractivity contribution in [3.63, 3.8) is 0 Å². The molecular weight excluding hydrogens is 289 g/mol. The summed E-state index contributed by atoms with van der Waals surface area (Å²) in [5.41, 5.74) is 2.26. The number of alkyl halides is 1. The Kier molecular flexibility index (Phi) is 3.21. The van der Waals surface area contributed by atoms with Crippen LogP contribution in [0, 0.1) is 23.6 Å². The lowest BCUT2D eigenvalue weighted by atomic mass is 9.96. The maximum atomic E-state index is 14.4. The van der Waals surface area contributed by atoms with E-state index in [0.29, 0.717) is 41.8 Å². The molecule has 0 spiro atoms. The summed E-state index contributed by atoms with van der Waals surface area (Å²) in [5, 5.41) is 2.52. The normalized spacial score (nSPS) is 31.9. The van der Waals surface area contributed by atoms with Crippen molar-refractivity contribution in [2.75, 3.05) is 5.32 Å². The van der Waals surface area contributed by atoms with Crippen molar-refractivity contribution in [3.8, 4) is 0 Å². The molecule has 1 amide bonds. The first-order valence-corrected chi connectivity index (χ1v) is 8.35. The first-order valence-electron chi connectivity index (χ1n) is 7.91. The number of aryl methyl sites for hydroxylation is 1. The summed E-state index contributed by atoms with van der Waals surface area (Å²) in [7, 11) is 0. The van der Waals surface area contributed by atoms with E-state index >= 15 is 0 Å². The number of carbonyl (C=O) groups excluding carboxylic acids is 1. The minimum atomic E-state index is -0.278. The van der Waals surface area contributed by atoms with Crippen molar-refractivity contribution in [1.29, 1.82) is 0 Å². The molecule has 2 nitrogen and oxygen atoms in total. The fourth-order valence-corrected chi connectivity index (χ4v) is 4.86. The third kappa shape index (κ3) is 2.26. The number of fused-ring (bicyclic) bond motifs is 2. The highest BCUT2D eigenvalue weighted by molar-refractivity contribution is 6.21. The predicted octanol–water partition coefficient (Wildman–Crippen LogP) is 4.43. The third-order valence-electron chi connectivity index (χ3n) is 5.48. The molecule has 1 heterocycles. The molecule has 21 heavy (non-hydrogen) atoms. The molecule has 1 aromatic rings. The molecule has 4 heteroatoms. The van der Waals surface area contributed by atoms with Gasteiger partial charge in [-0.25, -0.2) is 4.39 Å². The summed E-state index contributed by atoms with van der Waals surface area (Å²) in [6.45, 7) is 0. The Balaban J connectivity index is 1.61. The highest BCUT2D eigenvalue weighted by atomic mass is 35.5. The van der Waals surface area contributed by atoms with Crippen LogP contribution < -0.4 is 5.32 Å². The predicted molar refractivity (Wildman–Crippen MR) is 80.9 cm³/mol. The molecule has 0 saturated heterocycles. The van der Waals surface area contributed by atoms with Gasteiger partial charge in [-0.2, -0.15) is 0 Å². The highest BCUT2D eigenvalue weighted by Gasteiger charge is 2.54. The maximum Gasteiger partial charge on any atom is 0.224 e. The molecule has 1 N–H and O–H groups in total. The van der Waals surface area contributed by atoms with E-state index < -0.39 is 0 Å². The van der Waals surface area contributed by atoms with Gasteiger partial charge in [0.1, 0.15) is 5.82 Å². The topological polar surface area (TPSA) is 29.1 Å². The van der Waals surface area contributed by atoms with Gasteiger partial charge in [0.15, 0.2) is 0 Å². The highest BCUT2D eigenvalue weighted by Crippen LogP contribution is 2.62. The van der Waals surface area contributed by atoms with Gasteiger partial charge < -0.3 is 5.32 Å². The van der Waals surface area contributed by atoms with Crippen LogP contribution in [-0.2, 0) is 11.2 Å². The zero-order valence-corrected chi connectivity index (χ0v) is 12.6. The second-order valence-corrected chi connectivity index (χ2v) is 7.14. The van der Waals surface area contributed by atoms with E-state index in [0.717, 1.165) is 5.56 Å². The molecule has 2 aliphatic carbocycles. The van der Waals surface area contributed by atoms with E-state index in [1.54, 1.807) is 0 Å². The Morgan fingerprint density at radius 1 is 1.19 bits per heavy atom. The Bertz CT molecular complexity index is 591. The van der Waals surface area contributed by atoms with E-state index in [9.17, 15) is 9.18 Å². The van der Waals surface area contributed by atoms with Gasteiger partial charge in [0.05, 0.1) is 5.38 Å². The van der Waals surface area contributed by atoms with Gasteiger partial charge in [0.25, 0.3) is 0 Å². The molecule has 0 aromatic heterocycles. The van der Waals surface area contributed by atoms with Crippen LogP contribution >= 0.6 is 11.6 Å². The first kappa shape index (κ1) is 13.6. The number of amides is 1. The van der Waals surface area contributed by atoms with Gasteiger partial charge in [-0.05, 0) is 54.7 Å². The van der Waals surface area contributed by atoms with Crippen molar-refractivity contribution in [2.24, 2.45) is 17.8 Å². The number of benzene rings is 1. The van der Waals surface area contributed by atoms with Gasteiger partial charge in [0.2, 0.25) is 5.91 Å². The fourth-order valence-electron chi connectivity index (χ4n) is 4.32. The quantitative estimate of drug-likeness (QED) is 0.805. The largest absolute Gasteiger partial charge is 0.326 e. The number of anilines is 1. The Hall–Kier alpha value is -1.09. The molecule has 2 fully saturated rings. The third-order valence-corrected chi connectivity index (χ3v) is 6.00. The molecule has 1 aromatic carbocycles. The van der Waals surface area contributed by atoms with Crippen molar-refractivity contribution < 1.29 is 9.18 Å². The van der Waals surface area contributed by atoms with Gasteiger partial charge in [-0.1, -0.05) is 12.8 Å². The van der Waals surface area contributed by atoms with Crippen molar-refractivity contribution >= 4 is 23.2 Å². The van der Waals surface area contributed by atoms with Crippen LogP contribution in [0.2, 0.25) is 0 Å². The molecule has 3 atom stereocenters. The summed E-state index contributed by atoms with van der Waals surface area (Å²) in [6, 6.07) is 3.33. The Labute approximate surface area is 129 Å². The van der Waals surface area contributed by atoms with Crippen LogP contribution in [0.1, 0.15) is 48.6 Å². The van der Waals surface area contributed by atoms with Crippen LogP contribution in [-0.4, -0.2) is 5.91 Å². The summed E-state index contributed by atoms with van der Waals surface area (Å²) < 4.78 is 14.4. The van der Waals surface area contributed by atoms with Crippen molar-refractivity contribution in [1.82, 2.24) is 0 Å². The Morgan fingerprint density at radius 3 is 2.62 bits per heavy atom. The summed E-state index contributed by atoms with van der Waals surface area (Å²) in [4.78, 5) is 11.4. The standard InChI is InChI=1S/C17H19ClFNO/c18-17(16-10-3-1-2-4-11(10)16)12-7-9-5-6-15(21)20-14(9)8-13(12)19/h7-8,10-11,16-17H,1-6H2,(H,20,21). The lowest BCUT2D eigenvalue weighted by molar-refractivity contribution is -0.116. The van der Waals surface area contributed by atoms with Crippen molar-refractivity contribution in [2.45, 2.75) is 43.9 Å². The minimum Gasteiger partial charge on any atom is -0.326 e. The van der Waals surface area contributed by atoms with Crippen LogP contribution in [0.25, 0.3) is 0 Å². The summed E-state index contributed by atoms with van der Waals surface area (Å²) in [5.74, 6) is 1.54. The van der Waals surface area contributed by atoms with E-state index in [1.165, 1.54) is 31.7 Å². The number of carbonyl (C=O) groups is 1. The molecule has 0 radical (unpaired) electrons. The van der Waals surface area contributed by atoms with Crippen LogP contribution in [0.4, 0.5) is 10.1 Å². The number of hydrogen-bond donors (Lipinski definition) is 1. The monoisotopic (exact) mass is 307 g/mol. The van der Waals surface area contributed by atoms with E-state index in [1.807, 2.05) is 6.07 Å². The van der Waals surface area contributed by atoms with E-state index in [2.05, 4.69) is 5.32 Å². The first-order chi connectivity index (χ1) is 10.1. The average Bonchev–Trinajstić information content (AvgIpc) is 3.20. The summed E-state index contributed by atoms with van der Waals surface area (Å²) in [6.07, 6.45) is 6.23. The van der Waals surface area contributed by atoms with Gasteiger partial charge in [0, 0.05) is 17.7 Å². The number of rotatable bonds is 2. The maximum absolute atomic E-state index is 14.4. The van der Waals surface area contributed by atoms with Gasteiger partial charge in [-0.15, -0.1) is 11.6 Å². The van der Waals surface area contributed by atoms with Crippen LogP contribution in [0.3, 0.4) is 0 Å². The zero-order valence-electron chi connectivity index (χ0n) is 11.9. The molecule has 4 rings (SSSR count). The molecule has 112 valence electrons. The van der Waals surface area contributed by atoms with Gasteiger partial charge in [-0.3, -0.25) is 4.79 Å². The minimum absolute atomic E-state index is 0.0368. The molecule has 2 saturated carbocycles. The lowest BCUT2D eigenvalue weighted by Crippen LogP contribution is -2.19. The van der Waals surface area contributed by atoms with E-state index in [-0.39, 0.29) is 17.1 Å². The second kappa shape index (κ2) is 4.98.